The molecule has 0 fully saturated rings. The summed E-state index contributed by atoms with van der Waals surface area (Å²) >= 11 is 0. The number of carbonyl (C=O) groups excluding carboxylic acids is 4. The SMILES string of the molecule is CC(N)C(=O)NC(Cc1c[nH]c2ccccc12)C(=O)NC(CC(N)=O)C(=O)NC(CCC(=O)O)C(=O)O. The van der Waals surface area contributed by atoms with Crippen molar-refractivity contribution >= 4 is 46.5 Å². The van der Waals surface area contributed by atoms with Crippen LogP contribution in [0.15, 0.2) is 30.5 Å². The van der Waals surface area contributed by atoms with Gasteiger partial charge in [0.2, 0.25) is 23.6 Å². The van der Waals surface area contributed by atoms with Crippen molar-refractivity contribution in [2.45, 2.75) is 56.8 Å². The first kappa shape index (κ1) is 28.8. The van der Waals surface area contributed by atoms with Crippen LogP contribution in [0, 0.1) is 0 Å². The second-order valence-electron chi connectivity index (χ2n) is 8.48. The summed E-state index contributed by atoms with van der Waals surface area (Å²) in [7, 11) is 0. The molecule has 0 bridgehead atoms. The molecule has 0 aliphatic rings. The molecule has 4 unspecified atom stereocenters. The first-order chi connectivity index (χ1) is 17.4. The average Bonchev–Trinajstić information content (AvgIpc) is 3.22. The van der Waals surface area contributed by atoms with Gasteiger partial charge in [0.05, 0.1) is 12.5 Å². The van der Waals surface area contributed by atoms with Crippen LogP contribution in [-0.2, 0) is 35.2 Å². The maximum Gasteiger partial charge on any atom is 0.326 e. The molecule has 1 aromatic carbocycles. The highest BCUT2D eigenvalue weighted by Gasteiger charge is 2.31. The van der Waals surface area contributed by atoms with E-state index in [4.69, 9.17) is 16.6 Å². The Morgan fingerprint density at radius 3 is 2.11 bits per heavy atom. The molecule has 1 aromatic heterocycles. The third-order valence-electron chi connectivity index (χ3n) is 5.45. The van der Waals surface area contributed by atoms with E-state index in [0.29, 0.717) is 5.56 Å². The first-order valence-corrected chi connectivity index (χ1v) is 11.3. The molecule has 14 nitrogen and oxygen atoms in total. The van der Waals surface area contributed by atoms with Crippen molar-refractivity contribution in [3.63, 3.8) is 0 Å². The number of primary amides is 1. The molecular weight excluding hydrogens is 488 g/mol. The molecule has 4 amide bonds. The van der Waals surface area contributed by atoms with E-state index in [0.717, 1.165) is 10.9 Å². The number of hydrogen-bond donors (Lipinski definition) is 8. The maximum atomic E-state index is 13.2. The summed E-state index contributed by atoms with van der Waals surface area (Å²) in [4.78, 5) is 75.1. The van der Waals surface area contributed by atoms with Crippen LogP contribution in [0.2, 0.25) is 0 Å². The lowest BCUT2D eigenvalue weighted by atomic mass is 10.0. The minimum atomic E-state index is -1.59. The lowest BCUT2D eigenvalue weighted by molar-refractivity contribution is -0.143. The van der Waals surface area contributed by atoms with Crippen LogP contribution in [0.4, 0.5) is 0 Å². The van der Waals surface area contributed by atoms with E-state index in [9.17, 15) is 33.9 Å². The molecule has 0 saturated carbocycles. The Balaban J connectivity index is 2.26. The molecule has 10 N–H and O–H groups in total. The van der Waals surface area contributed by atoms with E-state index in [-0.39, 0.29) is 6.42 Å². The normalized spacial score (nSPS) is 14.1. The van der Waals surface area contributed by atoms with Crippen molar-refractivity contribution in [3.05, 3.63) is 36.0 Å². The number of H-pyrrole nitrogens is 1. The molecule has 0 aliphatic heterocycles. The fourth-order valence-electron chi connectivity index (χ4n) is 3.51. The van der Waals surface area contributed by atoms with Crippen LogP contribution < -0.4 is 27.4 Å². The van der Waals surface area contributed by atoms with Crippen LogP contribution in [0.25, 0.3) is 10.9 Å². The van der Waals surface area contributed by atoms with Gasteiger partial charge in [-0.3, -0.25) is 24.0 Å². The van der Waals surface area contributed by atoms with Gasteiger partial charge in [-0.1, -0.05) is 18.2 Å². The van der Waals surface area contributed by atoms with Gasteiger partial charge in [0.15, 0.2) is 0 Å². The quantitative estimate of drug-likeness (QED) is 0.142. The third kappa shape index (κ3) is 8.61. The second kappa shape index (κ2) is 13.0. The molecule has 2 aromatic rings. The number of aromatic amines is 1. The smallest absolute Gasteiger partial charge is 0.326 e. The number of aliphatic carboxylic acids is 2. The fraction of sp³-hybridized carbons (Fsp3) is 0.391. The Hall–Kier alpha value is -4.46. The Morgan fingerprint density at radius 1 is 0.919 bits per heavy atom. The zero-order chi connectivity index (χ0) is 27.7. The van der Waals surface area contributed by atoms with Crippen molar-refractivity contribution in [1.82, 2.24) is 20.9 Å². The molecule has 4 atom stereocenters. The van der Waals surface area contributed by atoms with Crippen molar-refractivity contribution in [2.24, 2.45) is 11.5 Å². The highest BCUT2D eigenvalue weighted by Crippen LogP contribution is 2.19. The Morgan fingerprint density at radius 2 is 1.51 bits per heavy atom. The second-order valence-corrected chi connectivity index (χ2v) is 8.48. The zero-order valence-electron chi connectivity index (χ0n) is 20.0. The lowest BCUT2D eigenvalue weighted by Crippen LogP contribution is -2.58. The summed E-state index contributed by atoms with van der Waals surface area (Å²) in [5, 5.41) is 25.9. The van der Waals surface area contributed by atoms with Gasteiger partial charge in [0, 0.05) is 29.9 Å². The summed E-state index contributed by atoms with van der Waals surface area (Å²) in [6.07, 6.45) is 0.0112. The molecule has 0 aliphatic carbocycles. The molecule has 1 heterocycles. The predicted molar refractivity (Wildman–Crippen MR) is 130 cm³/mol. The topological polar surface area (TPSA) is 247 Å². The van der Waals surface area contributed by atoms with Gasteiger partial charge >= 0.3 is 11.9 Å². The number of amides is 4. The number of benzene rings is 1. The van der Waals surface area contributed by atoms with Gasteiger partial charge < -0.3 is 42.6 Å². The molecule has 200 valence electrons. The van der Waals surface area contributed by atoms with E-state index in [1.807, 2.05) is 18.2 Å². The van der Waals surface area contributed by atoms with Crippen molar-refractivity contribution in [3.8, 4) is 0 Å². The summed E-state index contributed by atoms with van der Waals surface area (Å²) < 4.78 is 0. The van der Waals surface area contributed by atoms with E-state index in [2.05, 4.69) is 20.9 Å². The number of rotatable bonds is 14. The predicted octanol–water partition coefficient (Wildman–Crippen LogP) is -1.66. The maximum absolute atomic E-state index is 13.2. The van der Waals surface area contributed by atoms with E-state index in [1.165, 1.54) is 6.92 Å². The number of fused-ring (bicyclic) bond motifs is 1. The number of aromatic nitrogens is 1. The van der Waals surface area contributed by atoms with Gasteiger partial charge in [-0.2, -0.15) is 0 Å². The number of nitrogens with two attached hydrogens (primary N) is 2. The van der Waals surface area contributed by atoms with E-state index >= 15 is 0 Å². The van der Waals surface area contributed by atoms with E-state index in [1.54, 1.807) is 12.3 Å². The highest BCUT2D eigenvalue weighted by molar-refractivity contribution is 5.96. The largest absolute Gasteiger partial charge is 0.481 e. The fourth-order valence-corrected chi connectivity index (χ4v) is 3.51. The van der Waals surface area contributed by atoms with Gasteiger partial charge in [0.25, 0.3) is 0 Å². The van der Waals surface area contributed by atoms with Crippen molar-refractivity contribution < 1.29 is 39.0 Å². The number of carbonyl (C=O) groups is 6. The monoisotopic (exact) mass is 518 g/mol. The number of nitrogens with one attached hydrogen (secondary N) is 4. The lowest BCUT2D eigenvalue weighted by Gasteiger charge is -2.24. The molecule has 0 radical (unpaired) electrons. The molecule has 0 saturated heterocycles. The Kier molecular flexibility index (Phi) is 10.1. The summed E-state index contributed by atoms with van der Waals surface area (Å²) in [6.45, 7) is 1.42. The summed E-state index contributed by atoms with van der Waals surface area (Å²) in [5.74, 6) is -6.29. The third-order valence-corrected chi connectivity index (χ3v) is 5.45. The molecular formula is C23H30N6O8. The van der Waals surface area contributed by atoms with Crippen LogP contribution in [0.1, 0.15) is 31.7 Å². The standard InChI is InChI=1S/C23H30N6O8/c1-11(24)20(33)28-16(8-12-10-26-14-5-3-2-4-13(12)14)21(34)29-17(9-18(25)30)22(35)27-15(23(36)37)6-7-19(31)32/h2-5,10-11,15-17,26H,6-9,24H2,1H3,(H2,25,30)(H,27,35)(H,28,33)(H,29,34)(H,31,32)(H,36,37). The van der Waals surface area contributed by atoms with Gasteiger partial charge in [-0.25, -0.2) is 4.79 Å². The average molecular weight is 519 g/mol. The van der Waals surface area contributed by atoms with E-state index < -0.39 is 79.0 Å². The van der Waals surface area contributed by atoms with Gasteiger partial charge in [-0.05, 0) is 25.0 Å². The molecule has 0 spiro atoms. The molecule has 37 heavy (non-hydrogen) atoms. The van der Waals surface area contributed by atoms with Crippen molar-refractivity contribution in [1.29, 1.82) is 0 Å². The first-order valence-electron chi connectivity index (χ1n) is 11.3. The summed E-state index contributed by atoms with van der Waals surface area (Å²) in [5.41, 5.74) is 12.3. The minimum absolute atomic E-state index is 0.00439. The zero-order valence-corrected chi connectivity index (χ0v) is 20.0. The minimum Gasteiger partial charge on any atom is -0.481 e. The van der Waals surface area contributed by atoms with Gasteiger partial charge in [-0.15, -0.1) is 0 Å². The van der Waals surface area contributed by atoms with Gasteiger partial charge in [0.1, 0.15) is 18.1 Å². The molecule has 2 rings (SSSR count). The van der Waals surface area contributed by atoms with Crippen LogP contribution in [0.3, 0.4) is 0 Å². The highest BCUT2D eigenvalue weighted by atomic mass is 16.4. The van der Waals surface area contributed by atoms with Crippen LogP contribution in [0.5, 0.6) is 0 Å². The number of carboxylic acids is 2. The number of carboxylic acid groups (broad SMARTS) is 2. The number of hydrogen-bond acceptors (Lipinski definition) is 7. The van der Waals surface area contributed by atoms with Crippen molar-refractivity contribution in [2.75, 3.05) is 0 Å². The van der Waals surface area contributed by atoms with Crippen LogP contribution in [-0.4, -0.2) is 74.9 Å². The molecule has 14 heteroatoms. The summed E-state index contributed by atoms with van der Waals surface area (Å²) in [6, 6.07) is 1.91. The Bertz CT molecular complexity index is 1180. The van der Waals surface area contributed by atoms with Crippen LogP contribution >= 0.6 is 0 Å². The Labute approximate surface area is 211 Å². The number of para-hydroxylation sites is 1.